The number of benzene rings is 2. The first kappa shape index (κ1) is 18.1. The second-order valence-electron chi connectivity index (χ2n) is 6.69. The monoisotopic (exact) mass is 355 g/mol. The summed E-state index contributed by atoms with van der Waals surface area (Å²) in [6.07, 6.45) is 4.29. The third-order valence-electron chi connectivity index (χ3n) is 4.84. The Morgan fingerprint density at radius 1 is 1.00 bits per heavy atom. The quantitative estimate of drug-likeness (QED) is 0.828. The molecule has 0 saturated heterocycles. The zero-order valence-electron chi connectivity index (χ0n) is 15.0. The minimum absolute atomic E-state index is 0.0957. The number of phenols is 1. The van der Waals surface area contributed by atoms with E-state index in [1.54, 1.807) is 19.2 Å². The fourth-order valence-electron chi connectivity index (χ4n) is 3.25. The van der Waals surface area contributed by atoms with Crippen molar-refractivity contribution in [3.8, 4) is 17.2 Å². The molecule has 0 bridgehead atoms. The Morgan fingerprint density at radius 2 is 1.62 bits per heavy atom. The van der Waals surface area contributed by atoms with Gasteiger partial charge in [0.15, 0.2) is 0 Å². The molecule has 0 atom stereocenters. The second kappa shape index (κ2) is 8.61. The lowest BCUT2D eigenvalue weighted by molar-refractivity contribution is 0.0928. The van der Waals surface area contributed by atoms with Crippen molar-refractivity contribution in [1.82, 2.24) is 5.32 Å². The first-order valence-electron chi connectivity index (χ1n) is 9.02. The number of ether oxygens (including phenoxy) is 2. The van der Waals surface area contributed by atoms with Crippen molar-refractivity contribution >= 4 is 5.91 Å². The van der Waals surface area contributed by atoms with Crippen LogP contribution in [0.3, 0.4) is 0 Å². The molecule has 0 aliphatic heterocycles. The number of methoxy groups -OCH3 is 1. The third kappa shape index (κ3) is 4.91. The number of hydrogen-bond donors (Lipinski definition) is 2. The third-order valence-corrected chi connectivity index (χ3v) is 4.84. The molecule has 2 aromatic carbocycles. The SMILES string of the molecule is COc1ccc(OC2CCC(CNC(=O)c3ccc(O)cc3)CC2)cc1. The Bertz CT molecular complexity index is 704. The molecule has 26 heavy (non-hydrogen) atoms. The number of hydrogen-bond acceptors (Lipinski definition) is 4. The van der Waals surface area contributed by atoms with Gasteiger partial charge in [-0.25, -0.2) is 0 Å². The fourth-order valence-corrected chi connectivity index (χ4v) is 3.25. The van der Waals surface area contributed by atoms with E-state index in [2.05, 4.69) is 5.32 Å². The van der Waals surface area contributed by atoms with Crippen molar-refractivity contribution < 1.29 is 19.4 Å². The van der Waals surface area contributed by atoms with Gasteiger partial charge in [-0.1, -0.05) is 0 Å². The number of rotatable bonds is 6. The highest BCUT2D eigenvalue weighted by Gasteiger charge is 2.23. The van der Waals surface area contributed by atoms with Crippen LogP contribution in [0.1, 0.15) is 36.0 Å². The minimum Gasteiger partial charge on any atom is -0.508 e. The summed E-state index contributed by atoms with van der Waals surface area (Å²) in [7, 11) is 1.65. The standard InChI is InChI=1S/C21H25NO4/c1-25-18-10-12-20(13-11-18)26-19-8-2-15(3-9-19)14-22-21(24)16-4-6-17(23)7-5-16/h4-7,10-13,15,19,23H,2-3,8-9,14H2,1H3,(H,22,24). The molecule has 2 aromatic rings. The van der Waals surface area contributed by atoms with Crippen LogP contribution in [0.5, 0.6) is 17.2 Å². The first-order chi connectivity index (χ1) is 12.6. The van der Waals surface area contributed by atoms with Gasteiger partial charge in [-0.3, -0.25) is 4.79 Å². The van der Waals surface area contributed by atoms with Gasteiger partial charge in [0.05, 0.1) is 13.2 Å². The van der Waals surface area contributed by atoms with Crippen LogP contribution in [-0.4, -0.2) is 30.8 Å². The Balaban J connectivity index is 1.40. The highest BCUT2D eigenvalue weighted by molar-refractivity contribution is 5.94. The summed E-state index contributed by atoms with van der Waals surface area (Å²) in [5.74, 6) is 2.24. The Morgan fingerprint density at radius 3 is 2.23 bits per heavy atom. The van der Waals surface area contributed by atoms with Gasteiger partial charge in [-0.05, 0) is 80.1 Å². The van der Waals surface area contributed by atoms with E-state index >= 15 is 0 Å². The Labute approximate surface area is 153 Å². The van der Waals surface area contributed by atoms with Crippen molar-refractivity contribution in [3.05, 3.63) is 54.1 Å². The summed E-state index contributed by atoms with van der Waals surface area (Å²) >= 11 is 0. The van der Waals surface area contributed by atoms with Crippen LogP contribution in [0.25, 0.3) is 0 Å². The molecule has 1 saturated carbocycles. The average molecular weight is 355 g/mol. The summed E-state index contributed by atoms with van der Waals surface area (Å²) in [6.45, 7) is 0.676. The lowest BCUT2D eigenvalue weighted by Crippen LogP contribution is -2.33. The molecule has 1 fully saturated rings. The molecule has 0 spiro atoms. The topological polar surface area (TPSA) is 67.8 Å². The minimum atomic E-state index is -0.0957. The van der Waals surface area contributed by atoms with Crippen LogP contribution >= 0.6 is 0 Å². The van der Waals surface area contributed by atoms with E-state index in [1.165, 1.54) is 12.1 Å². The van der Waals surface area contributed by atoms with Gasteiger partial charge in [-0.15, -0.1) is 0 Å². The zero-order valence-corrected chi connectivity index (χ0v) is 15.0. The second-order valence-corrected chi connectivity index (χ2v) is 6.69. The van der Waals surface area contributed by atoms with Gasteiger partial charge in [0.2, 0.25) is 0 Å². The van der Waals surface area contributed by atoms with Crippen LogP contribution < -0.4 is 14.8 Å². The van der Waals surface area contributed by atoms with E-state index in [0.717, 1.165) is 37.2 Å². The molecule has 2 N–H and O–H groups in total. The summed E-state index contributed by atoms with van der Waals surface area (Å²) in [5.41, 5.74) is 0.569. The normalized spacial score (nSPS) is 19.6. The smallest absolute Gasteiger partial charge is 0.251 e. The predicted octanol–water partition coefficient (Wildman–Crippen LogP) is 3.77. The van der Waals surface area contributed by atoms with E-state index in [0.29, 0.717) is 18.0 Å². The summed E-state index contributed by atoms with van der Waals surface area (Å²) < 4.78 is 11.2. The molecule has 3 rings (SSSR count). The molecular weight excluding hydrogens is 330 g/mol. The molecule has 138 valence electrons. The zero-order chi connectivity index (χ0) is 18.4. The molecule has 0 unspecified atom stereocenters. The maximum atomic E-state index is 12.1. The lowest BCUT2D eigenvalue weighted by atomic mass is 9.87. The first-order valence-corrected chi connectivity index (χ1v) is 9.02. The summed E-state index contributed by atoms with van der Waals surface area (Å²) in [5, 5.41) is 12.3. The number of amides is 1. The molecule has 1 aliphatic rings. The molecule has 0 aromatic heterocycles. The van der Waals surface area contributed by atoms with E-state index < -0.39 is 0 Å². The lowest BCUT2D eigenvalue weighted by Gasteiger charge is -2.29. The summed E-state index contributed by atoms with van der Waals surface area (Å²) in [4.78, 5) is 12.1. The van der Waals surface area contributed by atoms with Gasteiger partial charge < -0.3 is 19.9 Å². The van der Waals surface area contributed by atoms with Gasteiger partial charge >= 0.3 is 0 Å². The molecular formula is C21H25NO4. The molecule has 1 aliphatic carbocycles. The van der Waals surface area contributed by atoms with E-state index in [9.17, 15) is 9.90 Å². The Kier molecular flexibility index (Phi) is 6.00. The molecule has 0 heterocycles. The number of phenolic OH excluding ortho intramolecular Hbond substituents is 1. The molecule has 1 amide bonds. The number of carbonyl (C=O) groups is 1. The highest BCUT2D eigenvalue weighted by atomic mass is 16.5. The maximum absolute atomic E-state index is 12.1. The fraction of sp³-hybridized carbons (Fsp3) is 0.381. The van der Waals surface area contributed by atoms with Crippen molar-refractivity contribution in [2.24, 2.45) is 5.92 Å². The van der Waals surface area contributed by atoms with Crippen molar-refractivity contribution in [3.63, 3.8) is 0 Å². The van der Waals surface area contributed by atoms with Gasteiger partial charge in [-0.2, -0.15) is 0 Å². The maximum Gasteiger partial charge on any atom is 0.251 e. The van der Waals surface area contributed by atoms with Crippen LogP contribution in [0.4, 0.5) is 0 Å². The van der Waals surface area contributed by atoms with Crippen LogP contribution in [0.15, 0.2) is 48.5 Å². The summed E-state index contributed by atoms with van der Waals surface area (Å²) in [6, 6.07) is 14.0. The Hall–Kier alpha value is -2.69. The van der Waals surface area contributed by atoms with Gasteiger partial charge in [0.25, 0.3) is 5.91 Å². The predicted molar refractivity (Wildman–Crippen MR) is 99.8 cm³/mol. The van der Waals surface area contributed by atoms with E-state index in [-0.39, 0.29) is 17.8 Å². The largest absolute Gasteiger partial charge is 0.508 e. The van der Waals surface area contributed by atoms with Crippen LogP contribution in [0.2, 0.25) is 0 Å². The van der Waals surface area contributed by atoms with Crippen LogP contribution in [0, 0.1) is 5.92 Å². The van der Waals surface area contributed by atoms with Crippen LogP contribution in [-0.2, 0) is 0 Å². The number of nitrogens with one attached hydrogen (secondary N) is 1. The average Bonchev–Trinajstić information content (AvgIpc) is 2.68. The number of aromatic hydroxyl groups is 1. The molecule has 5 heteroatoms. The molecule has 5 nitrogen and oxygen atoms in total. The van der Waals surface area contributed by atoms with Gasteiger partial charge in [0.1, 0.15) is 17.2 Å². The van der Waals surface area contributed by atoms with E-state index in [4.69, 9.17) is 9.47 Å². The van der Waals surface area contributed by atoms with Crippen molar-refractivity contribution in [2.45, 2.75) is 31.8 Å². The molecule has 0 radical (unpaired) electrons. The van der Waals surface area contributed by atoms with E-state index in [1.807, 2.05) is 24.3 Å². The number of carbonyl (C=O) groups excluding carboxylic acids is 1. The van der Waals surface area contributed by atoms with Gasteiger partial charge in [0, 0.05) is 12.1 Å². The highest BCUT2D eigenvalue weighted by Crippen LogP contribution is 2.28. The van der Waals surface area contributed by atoms with Crippen molar-refractivity contribution in [2.75, 3.05) is 13.7 Å². The van der Waals surface area contributed by atoms with Crippen molar-refractivity contribution in [1.29, 1.82) is 0 Å².